The van der Waals surface area contributed by atoms with Crippen molar-refractivity contribution in [3.63, 3.8) is 0 Å². The van der Waals surface area contributed by atoms with E-state index in [1.165, 1.54) is 39.9 Å². The molecule has 4 rings (SSSR count). The van der Waals surface area contributed by atoms with Crippen LogP contribution in [0.3, 0.4) is 0 Å². The molecule has 2 heterocycles. The van der Waals surface area contributed by atoms with Crippen LogP contribution in [-0.4, -0.2) is 24.2 Å². The van der Waals surface area contributed by atoms with Gasteiger partial charge in [-0.1, -0.05) is 72.7 Å². The number of fused-ring (bicyclic) bond motifs is 3. The van der Waals surface area contributed by atoms with E-state index in [0.29, 0.717) is 0 Å². The van der Waals surface area contributed by atoms with Gasteiger partial charge in [-0.15, -0.1) is 0 Å². The Bertz CT molecular complexity index is 947. The highest BCUT2D eigenvalue weighted by molar-refractivity contribution is 6.03. The topological polar surface area (TPSA) is 52.0 Å². The summed E-state index contributed by atoms with van der Waals surface area (Å²) >= 11 is 0. The quantitative estimate of drug-likeness (QED) is 0.395. The first-order chi connectivity index (χ1) is 13.8. The van der Waals surface area contributed by atoms with E-state index >= 15 is 0 Å². The summed E-state index contributed by atoms with van der Waals surface area (Å²) in [6, 6.07) is 16.6. The normalized spacial score (nSPS) is 9.07. The van der Waals surface area contributed by atoms with Gasteiger partial charge in [-0.25, -0.2) is 0 Å². The average Bonchev–Trinajstić information content (AvgIpc) is 2.82. The Morgan fingerprint density at radius 2 is 1.29 bits per heavy atom. The second kappa shape index (κ2) is 13.0. The molecule has 0 N–H and O–H groups in total. The van der Waals surface area contributed by atoms with Crippen LogP contribution in [0.4, 0.5) is 0 Å². The van der Waals surface area contributed by atoms with Crippen LogP contribution in [0.2, 0.25) is 0 Å². The van der Waals surface area contributed by atoms with E-state index in [1.54, 1.807) is 19.0 Å². The van der Waals surface area contributed by atoms with E-state index in [0.717, 1.165) is 5.52 Å². The minimum atomic E-state index is 1.09. The molecule has 0 aliphatic carbocycles. The third-order valence-electron chi connectivity index (χ3n) is 3.55. The highest BCUT2D eigenvalue weighted by atomic mass is 16.6. The Hall–Kier alpha value is -3.28. The second-order valence-electron chi connectivity index (χ2n) is 4.93. The number of para-hydroxylation sites is 1. The summed E-state index contributed by atoms with van der Waals surface area (Å²) in [7, 11) is 3.23. The fourth-order valence-corrected chi connectivity index (χ4v) is 2.45. The number of hydrogen-bond donors (Lipinski definition) is 0. The zero-order valence-corrected chi connectivity index (χ0v) is 17.5. The molecule has 2 aromatic carbocycles. The van der Waals surface area contributed by atoms with Crippen LogP contribution in [0.15, 0.2) is 73.7 Å². The molecule has 0 fully saturated rings. The summed E-state index contributed by atoms with van der Waals surface area (Å²) in [6.45, 7) is 8.00. The van der Waals surface area contributed by atoms with Crippen LogP contribution in [0.25, 0.3) is 21.7 Å². The van der Waals surface area contributed by atoms with Gasteiger partial charge in [0.25, 0.3) is 24.5 Å². The summed E-state index contributed by atoms with van der Waals surface area (Å²) < 4.78 is 3.21. The van der Waals surface area contributed by atoms with E-state index in [2.05, 4.69) is 46.4 Å². The highest BCUT2D eigenvalue weighted by Crippen LogP contribution is 2.21. The molecule has 2 aromatic heterocycles. The number of rotatable bonds is 2. The predicted molar refractivity (Wildman–Crippen MR) is 112 cm³/mol. The Morgan fingerprint density at radius 3 is 1.86 bits per heavy atom. The number of hydrogen-bond acceptors (Lipinski definition) is 4. The van der Waals surface area contributed by atoms with Gasteiger partial charge in [0.15, 0.2) is 0 Å². The van der Waals surface area contributed by atoms with Crippen LogP contribution in [0.1, 0.15) is 27.7 Å². The standard InChI is InChI=1S/C14H12NO.C4H6N3O.2C2H6/c1-16-15-10-11-6-2-3-7-12(11)13-8-4-5-9-14(13)15;1-8-7-3-5-2-6-4-7;2*1-2/h2-10H,1H3;2-4H,1H3;2*1-2H3/q2*+1;;. The molecule has 0 saturated heterocycles. The Labute approximate surface area is 166 Å². The minimum absolute atomic E-state index is 1.09. The maximum absolute atomic E-state index is 5.35. The largest absolute Gasteiger partial charge is 0.360 e. The molecule has 148 valence electrons. The Balaban J connectivity index is 0.000000277. The zero-order valence-electron chi connectivity index (χ0n) is 17.5. The summed E-state index contributed by atoms with van der Waals surface area (Å²) in [5.74, 6) is 0. The molecule has 0 bridgehead atoms. The van der Waals surface area contributed by atoms with Crippen LogP contribution in [-0.2, 0) is 0 Å². The molecule has 0 spiro atoms. The summed E-state index contributed by atoms with van der Waals surface area (Å²) in [6.07, 6.45) is 6.49. The van der Waals surface area contributed by atoms with Gasteiger partial charge in [0, 0.05) is 16.2 Å². The SMILES string of the molecule is CC.CC.CO[n+]1cc2ccccc2c2ccccc21.CO[n+]1cncnc1. The average molecular weight is 383 g/mol. The van der Waals surface area contributed by atoms with Crippen molar-refractivity contribution < 1.29 is 19.1 Å². The lowest BCUT2D eigenvalue weighted by Crippen LogP contribution is -2.40. The van der Waals surface area contributed by atoms with E-state index in [-0.39, 0.29) is 0 Å². The third kappa shape index (κ3) is 5.87. The van der Waals surface area contributed by atoms with Crippen LogP contribution < -0.4 is 19.1 Å². The lowest BCUT2D eigenvalue weighted by atomic mass is 10.1. The van der Waals surface area contributed by atoms with Gasteiger partial charge in [0.2, 0.25) is 6.20 Å². The molecule has 28 heavy (non-hydrogen) atoms. The van der Waals surface area contributed by atoms with Crippen LogP contribution >= 0.6 is 0 Å². The molecule has 0 amide bonds. The van der Waals surface area contributed by atoms with Crippen molar-refractivity contribution in [3.8, 4) is 0 Å². The number of nitrogens with zero attached hydrogens (tertiary/aromatic N) is 4. The molecule has 0 saturated carbocycles. The molecule has 0 radical (unpaired) electrons. The molecule has 0 atom stereocenters. The van der Waals surface area contributed by atoms with Crippen LogP contribution in [0.5, 0.6) is 0 Å². The number of pyridine rings is 1. The molecule has 6 nitrogen and oxygen atoms in total. The first-order valence-electron chi connectivity index (χ1n) is 9.41. The summed E-state index contributed by atoms with van der Waals surface area (Å²) in [5, 5.41) is 3.65. The number of benzene rings is 2. The van der Waals surface area contributed by atoms with Gasteiger partial charge in [-0.3, -0.25) is 4.84 Å². The van der Waals surface area contributed by atoms with Crippen molar-refractivity contribution in [2.24, 2.45) is 0 Å². The monoisotopic (exact) mass is 382 g/mol. The van der Waals surface area contributed by atoms with Crippen molar-refractivity contribution in [1.29, 1.82) is 0 Å². The van der Waals surface area contributed by atoms with E-state index in [9.17, 15) is 0 Å². The summed E-state index contributed by atoms with van der Waals surface area (Å²) in [4.78, 5) is 17.4. The fraction of sp³-hybridized carbons (Fsp3) is 0.273. The van der Waals surface area contributed by atoms with Crippen LogP contribution in [0, 0.1) is 0 Å². The lowest BCUT2D eigenvalue weighted by molar-refractivity contribution is -0.889. The molecule has 0 unspecified atom stereocenters. The smallest absolute Gasteiger partial charge is 0.267 e. The Morgan fingerprint density at radius 1 is 0.714 bits per heavy atom. The van der Waals surface area contributed by atoms with E-state index < -0.39 is 0 Å². The van der Waals surface area contributed by atoms with Gasteiger partial charge in [0.05, 0.1) is 10.8 Å². The van der Waals surface area contributed by atoms with Gasteiger partial charge >= 0.3 is 0 Å². The first kappa shape index (κ1) is 22.8. The van der Waals surface area contributed by atoms with Crippen molar-refractivity contribution in [1.82, 2.24) is 9.97 Å². The predicted octanol–water partition coefficient (Wildman–Crippen LogP) is 3.21. The van der Waals surface area contributed by atoms with Gasteiger partial charge < -0.3 is 4.84 Å². The Kier molecular flexibility index (Phi) is 10.5. The third-order valence-corrected chi connectivity index (χ3v) is 3.55. The molecule has 0 aliphatic rings. The van der Waals surface area contributed by atoms with Crippen molar-refractivity contribution >= 4 is 21.7 Å². The molecular weight excluding hydrogens is 352 g/mol. The van der Waals surface area contributed by atoms with Crippen molar-refractivity contribution in [3.05, 3.63) is 73.7 Å². The first-order valence-corrected chi connectivity index (χ1v) is 9.41. The summed E-state index contributed by atoms with van der Waals surface area (Å²) in [5.41, 5.74) is 1.09. The molecular formula is C22H30N4O2+2. The molecule has 6 heteroatoms. The maximum atomic E-state index is 5.35. The molecule has 4 aromatic rings. The maximum Gasteiger partial charge on any atom is 0.267 e. The number of aromatic nitrogens is 4. The van der Waals surface area contributed by atoms with Gasteiger partial charge in [0.1, 0.15) is 14.2 Å². The second-order valence-corrected chi connectivity index (χ2v) is 4.93. The highest BCUT2D eigenvalue weighted by Gasteiger charge is 2.12. The van der Waals surface area contributed by atoms with E-state index in [1.807, 2.05) is 46.0 Å². The van der Waals surface area contributed by atoms with Gasteiger partial charge in [-0.2, -0.15) is 0 Å². The minimum Gasteiger partial charge on any atom is -0.360 e. The fourth-order valence-electron chi connectivity index (χ4n) is 2.45. The molecule has 0 aliphatic heterocycles. The van der Waals surface area contributed by atoms with Crippen molar-refractivity contribution in [2.45, 2.75) is 27.7 Å². The van der Waals surface area contributed by atoms with Crippen molar-refractivity contribution in [2.75, 3.05) is 14.2 Å². The lowest BCUT2D eigenvalue weighted by Gasteiger charge is -2.01. The van der Waals surface area contributed by atoms with E-state index in [4.69, 9.17) is 9.68 Å². The van der Waals surface area contributed by atoms with Gasteiger partial charge in [-0.05, 0) is 12.1 Å². The zero-order chi connectivity index (χ0) is 20.8.